The molecule has 0 atom stereocenters. The summed E-state index contributed by atoms with van der Waals surface area (Å²) < 4.78 is -2.57. The van der Waals surface area contributed by atoms with Gasteiger partial charge in [0.2, 0.25) is 0 Å². The number of nitrogens with zero attached hydrogens (tertiary/aromatic N) is 4. The van der Waals surface area contributed by atoms with Crippen molar-refractivity contribution in [2.24, 2.45) is 0 Å². The van der Waals surface area contributed by atoms with Gasteiger partial charge in [0.25, 0.3) is 0 Å². The van der Waals surface area contributed by atoms with E-state index < -0.39 is 4.67 Å². The van der Waals surface area contributed by atoms with Gasteiger partial charge in [-0.15, -0.1) is 0 Å². The van der Waals surface area contributed by atoms with Crippen molar-refractivity contribution in [1.82, 2.24) is 0 Å². The Hall–Kier alpha value is -0.423. The molecule has 64 valence electrons. The third-order valence-corrected chi connectivity index (χ3v) is 15.1. The first-order valence-electron chi connectivity index (χ1n) is 2.53. The lowest BCUT2D eigenvalue weighted by Gasteiger charge is -2.12. The maximum Gasteiger partial charge on any atom is 0.358 e. The molecule has 0 rings (SSSR count). The highest BCUT2D eigenvalue weighted by atomic mass is 32.9. The first kappa shape index (κ1) is 12.6. The summed E-state index contributed by atoms with van der Waals surface area (Å²) in [7, 11) is 0. The van der Waals surface area contributed by atoms with E-state index in [1.807, 2.05) is 21.6 Å². The summed E-state index contributed by atoms with van der Waals surface area (Å²) in [5.74, 6) is 0. The third kappa shape index (κ3) is 4.38. The standard InChI is InChI=1S/C4N4S4Si/c5-1-9-13(10-2-6,11-3-7)12-4-8. The lowest BCUT2D eigenvalue weighted by atomic mass is 11.8. The van der Waals surface area contributed by atoms with Crippen LogP contribution in [0.3, 0.4) is 0 Å². The number of thiocyanates is 4. The van der Waals surface area contributed by atoms with E-state index in [1.54, 1.807) is 0 Å². The van der Waals surface area contributed by atoms with Crippen LogP contribution in [0.1, 0.15) is 0 Å². The van der Waals surface area contributed by atoms with Crippen LogP contribution in [0, 0.1) is 42.7 Å². The van der Waals surface area contributed by atoms with Gasteiger partial charge in [0.1, 0.15) is 21.6 Å². The molecule has 13 heavy (non-hydrogen) atoms. The molecule has 0 amide bonds. The maximum atomic E-state index is 8.46. The van der Waals surface area contributed by atoms with Gasteiger partial charge in [-0.25, -0.2) is 0 Å². The fourth-order valence-corrected chi connectivity index (χ4v) is 9.41. The number of nitriles is 4. The molecule has 0 saturated carbocycles. The molecule has 0 aliphatic carbocycles. The monoisotopic (exact) mass is 260 g/mol. The van der Waals surface area contributed by atoms with Crippen LogP contribution < -0.4 is 0 Å². The fourth-order valence-electron chi connectivity index (χ4n) is 0.349. The SMILES string of the molecule is N#CS[Si](SC#N)(SC#N)SC#N. The highest BCUT2D eigenvalue weighted by molar-refractivity contribution is 9.02. The number of hydrogen-bond acceptors (Lipinski definition) is 8. The molecule has 0 fully saturated rings. The molecule has 9 heteroatoms. The van der Waals surface area contributed by atoms with Crippen molar-refractivity contribution in [3.63, 3.8) is 0 Å². The highest BCUT2D eigenvalue weighted by Crippen LogP contribution is 2.48. The van der Waals surface area contributed by atoms with Gasteiger partial charge in [-0.05, 0) is 44.8 Å². The van der Waals surface area contributed by atoms with Gasteiger partial charge in [-0.3, -0.25) is 0 Å². The maximum absolute atomic E-state index is 8.46. The highest BCUT2D eigenvalue weighted by Gasteiger charge is 2.40. The van der Waals surface area contributed by atoms with Gasteiger partial charge in [-0.1, -0.05) is 0 Å². The zero-order valence-electron chi connectivity index (χ0n) is 5.92. The Labute approximate surface area is 91.9 Å². The van der Waals surface area contributed by atoms with Crippen LogP contribution in [0.2, 0.25) is 0 Å². The average molecular weight is 260 g/mol. The van der Waals surface area contributed by atoms with Crippen molar-refractivity contribution in [3.05, 3.63) is 0 Å². The minimum Gasteiger partial charge on any atom is -0.186 e. The summed E-state index contributed by atoms with van der Waals surface area (Å²) >= 11 is 3.45. The molecule has 0 N–H and O–H groups in total. The van der Waals surface area contributed by atoms with Crippen molar-refractivity contribution >= 4 is 49.5 Å². The Morgan fingerprint density at radius 2 is 0.846 bits per heavy atom. The van der Waals surface area contributed by atoms with Crippen molar-refractivity contribution in [1.29, 1.82) is 21.0 Å². The molecule has 0 aliphatic rings. The van der Waals surface area contributed by atoms with E-state index in [1.165, 1.54) is 0 Å². The fraction of sp³-hybridized carbons (Fsp3) is 0. The van der Waals surface area contributed by atoms with Crippen molar-refractivity contribution in [2.75, 3.05) is 0 Å². The lowest BCUT2D eigenvalue weighted by Crippen LogP contribution is -2.13. The van der Waals surface area contributed by atoms with Gasteiger partial charge in [0.05, 0.1) is 0 Å². The average Bonchev–Trinajstić information content (AvgIpc) is 2.06. The predicted octanol–water partition coefficient (Wildman–Crippen LogP) is 2.28. The minimum atomic E-state index is -2.57. The Morgan fingerprint density at radius 1 is 0.615 bits per heavy atom. The first-order chi connectivity index (χ1) is 6.24. The normalized spacial score (nSPS) is 8.92. The molecule has 0 spiro atoms. The Morgan fingerprint density at radius 3 is 1.00 bits per heavy atom. The van der Waals surface area contributed by atoms with E-state index >= 15 is 0 Å². The van der Waals surface area contributed by atoms with Crippen LogP contribution in [0.4, 0.5) is 0 Å². The van der Waals surface area contributed by atoms with Crippen molar-refractivity contribution < 1.29 is 0 Å². The van der Waals surface area contributed by atoms with Crippen LogP contribution in [0.25, 0.3) is 0 Å². The Kier molecular flexibility index (Phi) is 6.80. The molecule has 0 saturated heterocycles. The van der Waals surface area contributed by atoms with Crippen LogP contribution in [-0.4, -0.2) is 4.67 Å². The van der Waals surface area contributed by atoms with Gasteiger partial charge in [0, 0.05) is 0 Å². The predicted molar refractivity (Wildman–Crippen MR) is 58.6 cm³/mol. The van der Waals surface area contributed by atoms with Crippen molar-refractivity contribution in [3.8, 4) is 21.6 Å². The van der Waals surface area contributed by atoms with Crippen LogP contribution >= 0.6 is 44.8 Å². The van der Waals surface area contributed by atoms with Gasteiger partial charge in [-0.2, -0.15) is 21.0 Å². The molecule has 4 nitrogen and oxygen atoms in total. The molecule has 0 heterocycles. The largest absolute Gasteiger partial charge is 0.358 e. The summed E-state index contributed by atoms with van der Waals surface area (Å²) in [5.41, 5.74) is 0. The van der Waals surface area contributed by atoms with E-state index in [4.69, 9.17) is 21.0 Å². The molecule has 0 bridgehead atoms. The summed E-state index contributed by atoms with van der Waals surface area (Å²) in [6.07, 6.45) is 0. The molecule has 0 aromatic rings. The molecule has 0 radical (unpaired) electrons. The summed E-state index contributed by atoms with van der Waals surface area (Å²) in [5, 5.41) is 41.1. The zero-order valence-corrected chi connectivity index (χ0v) is 10.2. The number of rotatable bonds is 4. The summed E-state index contributed by atoms with van der Waals surface area (Å²) in [6, 6.07) is 0. The molecule has 0 aliphatic heterocycles. The first-order valence-corrected chi connectivity index (χ1v) is 10.7. The van der Waals surface area contributed by atoms with Crippen LogP contribution in [-0.2, 0) is 0 Å². The van der Waals surface area contributed by atoms with Crippen LogP contribution in [0.5, 0.6) is 0 Å². The van der Waals surface area contributed by atoms with E-state index in [9.17, 15) is 0 Å². The van der Waals surface area contributed by atoms with E-state index in [0.29, 0.717) is 0 Å². The second kappa shape index (κ2) is 7.03. The third-order valence-electron chi connectivity index (χ3n) is 0.683. The van der Waals surface area contributed by atoms with E-state index in [2.05, 4.69) is 0 Å². The topological polar surface area (TPSA) is 95.2 Å². The molecule has 0 aromatic carbocycles. The molecule has 0 unspecified atom stereocenters. The number of hydrogen-bond donors (Lipinski definition) is 0. The zero-order chi connectivity index (χ0) is 10.2. The molecule has 0 aromatic heterocycles. The second-order valence-corrected chi connectivity index (χ2v) is 18.3. The lowest BCUT2D eigenvalue weighted by molar-refractivity contribution is 1.57. The van der Waals surface area contributed by atoms with Crippen LogP contribution in [0.15, 0.2) is 0 Å². The van der Waals surface area contributed by atoms with E-state index in [0.717, 1.165) is 44.8 Å². The van der Waals surface area contributed by atoms with Gasteiger partial charge >= 0.3 is 4.67 Å². The Bertz CT molecular complexity index is 261. The second-order valence-electron chi connectivity index (χ2n) is 1.27. The van der Waals surface area contributed by atoms with Gasteiger partial charge < -0.3 is 0 Å². The quantitative estimate of drug-likeness (QED) is 0.561. The van der Waals surface area contributed by atoms with Gasteiger partial charge in [0.15, 0.2) is 0 Å². The van der Waals surface area contributed by atoms with E-state index in [-0.39, 0.29) is 0 Å². The summed E-state index contributed by atoms with van der Waals surface area (Å²) in [4.78, 5) is 0. The molecular formula is C4N4S4Si. The minimum absolute atomic E-state index is 0.863. The molecular weight excluding hydrogens is 260 g/mol. The summed E-state index contributed by atoms with van der Waals surface area (Å²) in [6.45, 7) is 0. The van der Waals surface area contributed by atoms with Crippen molar-refractivity contribution in [2.45, 2.75) is 0 Å². The smallest absolute Gasteiger partial charge is 0.186 e. The Balaban J connectivity index is 4.66.